The van der Waals surface area contributed by atoms with E-state index in [-0.39, 0.29) is 18.4 Å². The first-order valence-corrected chi connectivity index (χ1v) is 4.44. The van der Waals surface area contributed by atoms with E-state index in [1.807, 2.05) is 0 Å². The third-order valence-electron chi connectivity index (χ3n) is 2.02. The zero-order valence-corrected chi connectivity index (χ0v) is 8.41. The lowest BCUT2D eigenvalue weighted by atomic mass is 10.0. The van der Waals surface area contributed by atoms with Crippen LogP contribution in [0.15, 0.2) is 0 Å². The highest BCUT2D eigenvalue weighted by atomic mass is 16.4. The van der Waals surface area contributed by atoms with Gasteiger partial charge in [-0.15, -0.1) is 12.3 Å². The Bertz CT molecular complexity index is 255. The van der Waals surface area contributed by atoms with Gasteiger partial charge in [-0.1, -0.05) is 0 Å². The highest BCUT2D eigenvalue weighted by Crippen LogP contribution is 2.02. The SMILES string of the molecule is C#CCCC(=O)NC(C)C(C)C(=O)O. The molecule has 0 heterocycles. The number of amides is 1. The fraction of sp³-hybridized carbons (Fsp3) is 0.600. The molecule has 0 radical (unpaired) electrons. The summed E-state index contributed by atoms with van der Waals surface area (Å²) in [6, 6.07) is -0.377. The molecule has 4 nitrogen and oxygen atoms in total. The molecule has 78 valence electrons. The molecule has 0 aromatic carbocycles. The molecule has 0 aliphatic carbocycles. The highest BCUT2D eigenvalue weighted by Gasteiger charge is 2.20. The van der Waals surface area contributed by atoms with Gasteiger partial charge in [0.2, 0.25) is 5.91 Å². The minimum absolute atomic E-state index is 0.205. The molecule has 0 saturated carbocycles. The summed E-state index contributed by atoms with van der Waals surface area (Å²) in [5.74, 6) is 0.627. The zero-order valence-electron chi connectivity index (χ0n) is 8.41. The normalized spacial score (nSPS) is 13.8. The maximum atomic E-state index is 11.1. The van der Waals surface area contributed by atoms with Crippen LogP contribution >= 0.6 is 0 Å². The van der Waals surface area contributed by atoms with Crippen molar-refractivity contribution >= 4 is 11.9 Å². The Morgan fingerprint density at radius 1 is 1.50 bits per heavy atom. The van der Waals surface area contributed by atoms with E-state index in [4.69, 9.17) is 11.5 Å². The molecule has 0 bridgehead atoms. The summed E-state index contributed by atoms with van der Waals surface area (Å²) in [5.41, 5.74) is 0. The van der Waals surface area contributed by atoms with E-state index in [9.17, 15) is 9.59 Å². The molecule has 1 amide bonds. The summed E-state index contributed by atoms with van der Waals surface area (Å²) in [6.45, 7) is 3.21. The molecule has 14 heavy (non-hydrogen) atoms. The van der Waals surface area contributed by atoms with E-state index in [0.29, 0.717) is 6.42 Å². The molecule has 0 aromatic heterocycles. The molecule has 0 rings (SSSR count). The van der Waals surface area contributed by atoms with Gasteiger partial charge in [0.25, 0.3) is 0 Å². The van der Waals surface area contributed by atoms with E-state index in [0.717, 1.165) is 0 Å². The van der Waals surface area contributed by atoms with Crippen LogP contribution in [-0.4, -0.2) is 23.0 Å². The minimum Gasteiger partial charge on any atom is -0.481 e. The maximum absolute atomic E-state index is 11.1. The van der Waals surface area contributed by atoms with Crippen LogP contribution in [0.4, 0.5) is 0 Å². The average Bonchev–Trinajstić information content (AvgIpc) is 2.13. The first kappa shape index (κ1) is 12.5. The molecule has 2 unspecified atom stereocenters. The van der Waals surface area contributed by atoms with Crippen molar-refractivity contribution in [1.82, 2.24) is 5.32 Å². The molecular weight excluding hydrogens is 182 g/mol. The minimum atomic E-state index is -0.922. The second-order valence-corrected chi connectivity index (χ2v) is 3.19. The van der Waals surface area contributed by atoms with Gasteiger partial charge < -0.3 is 10.4 Å². The number of nitrogens with one attached hydrogen (secondary N) is 1. The Labute approximate surface area is 83.7 Å². The van der Waals surface area contributed by atoms with Crippen molar-refractivity contribution in [2.75, 3.05) is 0 Å². The van der Waals surface area contributed by atoms with Crippen molar-refractivity contribution < 1.29 is 14.7 Å². The molecule has 0 aliphatic rings. The number of hydrogen-bond donors (Lipinski definition) is 2. The van der Waals surface area contributed by atoms with E-state index in [1.165, 1.54) is 0 Å². The van der Waals surface area contributed by atoms with Crippen LogP contribution in [0, 0.1) is 18.3 Å². The standard InChI is InChI=1S/C10H15NO3/c1-4-5-6-9(12)11-8(3)7(2)10(13)14/h1,7-8H,5-6H2,2-3H3,(H,11,12)(H,13,14). The fourth-order valence-electron chi connectivity index (χ4n) is 0.851. The van der Waals surface area contributed by atoms with Crippen molar-refractivity contribution in [2.24, 2.45) is 5.92 Å². The Morgan fingerprint density at radius 2 is 2.07 bits per heavy atom. The topological polar surface area (TPSA) is 66.4 Å². The van der Waals surface area contributed by atoms with E-state index < -0.39 is 11.9 Å². The van der Waals surface area contributed by atoms with Gasteiger partial charge in [-0.3, -0.25) is 9.59 Å². The summed E-state index contributed by atoms with van der Waals surface area (Å²) >= 11 is 0. The molecule has 0 saturated heterocycles. The molecule has 4 heteroatoms. The third-order valence-corrected chi connectivity index (χ3v) is 2.02. The second kappa shape index (κ2) is 6.03. The monoisotopic (exact) mass is 197 g/mol. The van der Waals surface area contributed by atoms with Crippen LogP contribution in [-0.2, 0) is 9.59 Å². The Morgan fingerprint density at radius 3 is 2.50 bits per heavy atom. The molecular formula is C10H15NO3. The Kier molecular flexibility index (Phi) is 5.38. The maximum Gasteiger partial charge on any atom is 0.308 e. The summed E-state index contributed by atoms with van der Waals surface area (Å²) in [5, 5.41) is 11.2. The molecule has 0 fully saturated rings. The van der Waals surface area contributed by atoms with Gasteiger partial charge in [0.15, 0.2) is 0 Å². The van der Waals surface area contributed by atoms with Gasteiger partial charge in [0.1, 0.15) is 0 Å². The first-order valence-electron chi connectivity index (χ1n) is 4.44. The third kappa shape index (κ3) is 4.51. The molecule has 0 aliphatic heterocycles. The largest absolute Gasteiger partial charge is 0.481 e. The van der Waals surface area contributed by atoms with Crippen molar-refractivity contribution in [3.05, 3.63) is 0 Å². The molecule has 2 atom stereocenters. The van der Waals surface area contributed by atoms with Crippen LogP contribution in [0.3, 0.4) is 0 Å². The van der Waals surface area contributed by atoms with Gasteiger partial charge in [0, 0.05) is 18.9 Å². The fourth-order valence-corrected chi connectivity index (χ4v) is 0.851. The van der Waals surface area contributed by atoms with E-state index in [2.05, 4.69) is 11.2 Å². The van der Waals surface area contributed by atoms with Gasteiger partial charge in [0.05, 0.1) is 5.92 Å². The number of carboxylic acids is 1. The van der Waals surface area contributed by atoms with Crippen molar-refractivity contribution in [2.45, 2.75) is 32.7 Å². The van der Waals surface area contributed by atoms with Crippen molar-refractivity contribution in [3.8, 4) is 12.3 Å². The van der Waals surface area contributed by atoms with Crippen LogP contribution in [0.25, 0.3) is 0 Å². The molecule has 0 aromatic rings. The summed E-state index contributed by atoms with van der Waals surface area (Å²) in [7, 11) is 0. The highest BCUT2D eigenvalue weighted by molar-refractivity contribution is 5.78. The lowest BCUT2D eigenvalue weighted by Crippen LogP contribution is -2.39. The summed E-state index contributed by atoms with van der Waals surface area (Å²) < 4.78 is 0. The van der Waals surface area contributed by atoms with Crippen molar-refractivity contribution in [3.63, 3.8) is 0 Å². The van der Waals surface area contributed by atoms with Crippen LogP contribution < -0.4 is 5.32 Å². The zero-order chi connectivity index (χ0) is 11.1. The van der Waals surface area contributed by atoms with Crippen LogP contribution in [0.5, 0.6) is 0 Å². The average molecular weight is 197 g/mol. The number of hydrogen-bond acceptors (Lipinski definition) is 2. The van der Waals surface area contributed by atoms with E-state index >= 15 is 0 Å². The number of terminal acetylenes is 1. The molecule has 0 spiro atoms. The van der Waals surface area contributed by atoms with Crippen molar-refractivity contribution in [1.29, 1.82) is 0 Å². The first-order chi connectivity index (χ1) is 6.49. The van der Waals surface area contributed by atoms with Gasteiger partial charge in [-0.2, -0.15) is 0 Å². The predicted octanol–water partition coefficient (Wildman–Crippen LogP) is 0.625. The van der Waals surface area contributed by atoms with Crippen LogP contribution in [0.2, 0.25) is 0 Å². The van der Waals surface area contributed by atoms with Gasteiger partial charge in [-0.05, 0) is 13.8 Å². The number of carboxylic acid groups (broad SMARTS) is 1. The number of aliphatic carboxylic acids is 1. The number of rotatable bonds is 5. The second-order valence-electron chi connectivity index (χ2n) is 3.19. The number of carbonyl (C=O) groups is 2. The quantitative estimate of drug-likeness (QED) is 0.635. The van der Waals surface area contributed by atoms with Crippen LogP contribution in [0.1, 0.15) is 26.7 Å². The number of carbonyl (C=O) groups excluding carboxylic acids is 1. The Hall–Kier alpha value is -1.50. The van der Waals surface area contributed by atoms with Gasteiger partial charge in [-0.25, -0.2) is 0 Å². The lowest BCUT2D eigenvalue weighted by molar-refractivity contribution is -0.142. The van der Waals surface area contributed by atoms with Gasteiger partial charge >= 0.3 is 5.97 Å². The summed E-state index contributed by atoms with van der Waals surface area (Å²) in [4.78, 5) is 21.7. The van der Waals surface area contributed by atoms with E-state index in [1.54, 1.807) is 13.8 Å². The lowest BCUT2D eigenvalue weighted by Gasteiger charge is -2.17. The molecule has 2 N–H and O–H groups in total. The smallest absolute Gasteiger partial charge is 0.308 e. The Balaban J connectivity index is 3.94. The summed E-state index contributed by atoms with van der Waals surface area (Å²) in [6.07, 6.45) is 5.61. The predicted molar refractivity (Wildman–Crippen MR) is 52.5 cm³/mol.